The van der Waals surface area contributed by atoms with Crippen molar-refractivity contribution >= 4 is 33.0 Å². The lowest BCUT2D eigenvalue weighted by Gasteiger charge is -2.09. The van der Waals surface area contributed by atoms with Gasteiger partial charge in [-0.2, -0.15) is 0 Å². The van der Waals surface area contributed by atoms with Crippen LogP contribution in [0, 0.1) is 0 Å². The number of ether oxygens (including phenoxy) is 1. The normalized spacial score (nSPS) is 10.6. The number of hydrogen-bond acceptors (Lipinski definition) is 4. The SMILES string of the molecule is COCCn1cc(NCc2csc(Br)c2)ccc1=O. The van der Waals surface area contributed by atoms with Crippen molar-refractivity contribution in [1.82, 2.24) is 4.57 Å². The zero-order valence-electron chi connectivity index (χ0n) is 10.6. The molecule has 0 saturated carbocycles. The fourth-order valence-electron chi connectivity index (χ4n) is 1.64. The van der Waals surface area contributed by atoms with Crippen molar-refractivity contribution < 1.29 is 4.74 Å². The summed E-state index contributed by atoms with van der Waals surface area (Å²) in [5.41, 5.74) is 2.13. The first-order valence-electron chi connectivity index (χ1n) is 5.85. The van der Waals surface area contributed by atoms with Crippen LogP contribution >= 0.6 is 27.3 Å². The number of thiophene rings is 1. The Hall–Kier alpha value is -1.11. The van der Waals surface area contributed by atoms with E-state index in [2.05, 4.69) is 32.7 Å². The third-order valence-corrected chi connectivity index (χ3v) is 4.19. The average molecular weight is 343 g/mol. The molecule has 0 aliphatic rings. The monoisotopic (exact) mass is 342 g/mol. The van der Waals surface area contributed by atoms with Gasteiger partial charge in [-0.15, -0.1) is 11.3 Å². The Morgan fingerprint density at radius 1 is 1.47 bits per heavy atom. The zero-order valence-corrected chi connectivity index (χ0v) is 13.0. The molecule has 0 aromatic carbocycles. The Labute approximate surface area is 124 Å². The van der Waals surface area contributed by atoms with Crippen LogP contribution in [-0.2, 0) is 17.8 Å². The van der Waals surface area contributed by atoms with E-state index in [-0.39, 0.29) is 5.56 Å². The molecule has 102 valence electrons. The van der Waals surface area contributed by atoms with Gasteiger partial charge in [0.05, 0.1) is 16.1 Å². The molecule has 0 bridgehead atoms. The number of aromatic nitrogens is 1. The van der Waals surface area contributed by atoms with E-state index in [9.17, 15) is 4.79 Å². The fourth-order valence-corrected chi connectivity index (χ4v) is 2.85. The molecule has 0 unspecified atom stereocenters. The van der Waals surface area contributed by atoms with E-state index in [1.54, 1.807) is 35.1 Å². The second-order valence-electron chi connectivity index (χ2n) is 4.05. The summed E-state index contributed by atoms with van der Waals surface area (Å²) in [6.45, 7) is 1.83. The van der Waals surface area contributed by atoms with Gasteiger partial charge >= 0.3 is 0 Å². The molecule has 0 aliphatic heterocycles. The molecule has 0 atom stereocenters. The highest BCUT2D eigenvalue weighted by Crippen LogP contribution is 2.21. The molecule has 6 heteroatoms. The molecule has 0 saturated heterocycles. The van der Waals surface area contributed by atoms with Crippen LogP contribution < -0.4 is 10.9 Å². The number of nitrogens with zero attached hydrogens (tertiary/aromatic N) is 1. The summed E-state index contributed by atoms with van der Waals surface area (Å²) in [7, 11) is 1.63. The number of pyridine rings is 1. The highest BCUT2D eigenvalue weighted by atomic mass is 79.9. The van der Waals surface area contributed by atoms with Crippen LogP contribution in [0.4, 0.5) is 5.69 Å². The topological polar surface area (TPSA) is 43.3 Å². The van der Waals surface area contributed by atoms with E-state index in [4.69, 9.17) is 4.74 Å². The van der Waals surface area contributed by atoms with Crippen LogP contribution in [0.3, 0.4) is 0 Å². The minimum Gasteiger partial charge on any atom is -0.383 e. The number of halogens is 1. The summed E-state index contributed by atoms with van der Waals surface area (Å²) >= 11 is 5.10. The Balaban J connectivity index is 2.02. The van der Waals surface area contributed by atoms with Crippen molar-refractivity contribution in [2.24, 2.45) is 0 Å². The molecule has 19 heavy (non-hydrogen) atoms. The van der Waals surface area contributed by atoms with E-state index in [0.29, 0.717) is 13.2 Å². The molecule has 2 heterocycles. The van der Waals surface area contributed by atoms with Crippen molar-refractivity contribution in [3.8, 4) is 0 Å². The van der Waals surface area contributed by atoms with Gasteiger partial charge in [0.2, 0.25) is 0 Å². The van der Waals surface area contributed by atoms with Crippen molar-refractivity contribution in [3.05, 3.63) is 49.5 Å². The van der Waals surface area contributed by atoms with Crippen molar-refractivity contribution in [2.75, 3.05) is 19.0 Å². The Bertz CT molecular complexity index is 594. The largest absolute Gasteiger partial charge is 0.383 e. The van der Waals surface area contributed by atoms with Gasteiger partial charge in [-0.25, -0.2) is 0 Å². The van der Waals surface area contributed by atoms with E-state index in [1.165, 1.54) is 5.56 Å². The molecule has 0 fully saturated rings. The number of anilines is 1. The van der Waals surface area contributed by atoms with Crippen LogP contribution in [0.2, 0.25) is 0 Å². The lowest BCUT2D eigenvalue weighted by molar-refractivity contribution is 0.186. The van der Waals surface area contributed by atoms with Gasteiger partial charge in [-0.05, 0) is 39.0 Å². The van der Waals surface area contributed by atoms with Gasteiger partial charge in [-0.1, -0.05) is 0 Å². The number of methoxy groups -OCH3 is 1. The minimum atomic E-state index is -0.0131. The number of nitrogens with one attached hydrogen (secondary N) is 1. The number of hydrogen-bond donors (Lipinski definition) is 1. The van der Waals surface area contributed by atoms with Crippen molar-refractivity contribution in [3.63, 3.8) is 0 Å². The lowest BCUT2D eigenvalue weighted by atomic mass is 10.3. The average Bonchev–Trinajstić information content (AvgIpc) is 2.82. The quantitative estimate of drug-likeness (QED) is 0.877. The van der Waals surface area contributed by atoms with E-state index in [1.807, 2.05) is 6.20 Å². The summed E-state index contributed by atoms with van der Waals surface area (Å²) < 4.78 is 7.76. The molecule has 2 aromatic heterocycles. The van der Waals surface area contributed by atoms with Crippen LogP contribution in [-0.4, -0.2) is 18.3 Å². The van der Waals surface area contributed by atoms with Gasteiger partial charge in [0, 0.05) is 32.5 Å². The molecule has 2 aromatic rings. The summed E-state index contributed by atoms with van der Waals surface area (Å²) in [5.74, 6) is 0. The summed E-state index contributed by atoms with van der Waals surface area (Å²) in [6, 6.07) is 5.45. The maximum Gasteiger partial charge on any atom is 0.250 e. The molecule has 0 amide bonds. The van der Waals surface area contributed by atoms with E-state index in [0.717, 1.165) is 16.0 Å². The Morgan fingerprint density at radius 3 is 3.00 bits per heavy atom. The van der Waals surface area contributed by atoms with Crippen LogP contribution in [0.25, 0.3) is 0 Å². The second kappa shape index (κ2) is 6.88. The standard InChI is InChI=1S/C13H15BrN2O2S/c1-18-5-4-16-8-11(2-3-13(16)17)15-7-10-6-12(14)19-9-10/h2-3,6,8-9,15H,4-5,7H2,1H3. The first-order valence-corrected chi connectivity index (χ1v) is 7.52. The van der Waals surface area contributed by atoms with Crippen LogP contribution in [0.15, 0.2) is 38.4 Å². The Kier molecular flexibility index (Phi) is 5.18. The molecule has 2 rings (SSSR count). The second-order valence-corrected chi connectivity index (χ2v) is 6.35. The van der Waals surface area contributed by atoms with Crippen LogP contribution in [0.5, 0.6) is 0 Å². The smallest absolute Gasteiger partial charge is 0.250 e. The molecule has 0 spiro atoms. The highest BCUT2D eigenvalue weighted by molar-refractivity contribution is 9.11. The zero-order chi connectivity index (χ0) is 13.7. The van der Waals surface area contributed by atoms with E-state index < -0.39 is 0 Å². The molecule has 1 N–H and O–H groups in total. The van der Waals surface area contributed by atoms with Gasteiger partial charge in [0.25, 0.3) is 5.56 Å². The van der Waals surface area contributed by atoms with Gasteiger partial charge < -0.3 is 14.6 Å². The predicted molar refractivity (Wildman–Crippen MR) is 81.9 cm³/mol. The third kappa shape index (κ3) is 4.19. The maximum atomic E-state index is 11.6. The first-order chi connectivity index (χ1) is 9.19. The van der Waals surface area contributed by atoms with Crippen LogP contribution in [0.1, 0.15) is 5.56 Å². The Morgan fingerprint density at radius 2 is 2.32 bits per heavy atom. The van der Waals surface area contributed by atoms with Crippen molar-refractivity contribution in [1.29, 1.82) is 0 Å². The summed E-state index contributed by atoms with van der Waals surface area (Å²) in [4.78, 5) is 11.6. The molecule has 4 nitrogen and oxygen atoms in total. The van der Waals surface area contributed by atoms with Crippen molar-refractivity contribution in [2.45, 2.75) is 13.1 Å². The van der Waals surface area contributed by atoms with Gasteiger partial charge in [0.1, 0.15) is 0 Å². The predicted octanol–water partition coefficient (Wildman–Crippen LogP) is 2.93. The summed E-state index contributed by atoms with van der Waals surface area (Å²) in [6.07, 6.45) is 1.82. The lowest BCUT2D eigenvalue weighted by Crippen LogP contribution is -2.21. The molecule has 0 aliphatic carbocycles. The van der Waals surface area contributed by atoms with Gasteiger partial charge in [0.15, 0.2) is 0 Å². The maximum absolute atomic E-state index is 11.6. The number of rotatable bonds is 6. The fraction of sp³-hybridized carbons (Fsp3) is 0.308. The first kappa shape index (κ1) is 14.3. The van der Waals surface area contributed by atoms with E-state index >= 15 is 0 Å². The molecular weight excluding hydrogens is 328 g/mol. The third-order valence-electron chi connectivity index (χ3n) is 2.64. The minimum absolute atomic E-state index is 0.0131. The highest BCUT2D eigenvalue weighted by Gasteiger charge is 2.00. The molecular formula is C13H15BrN2O2S. The summed E-state index contributed by atoms with van der Waals surface area (Å²) in [5, 5.41) is 5.40. The molecule has 0 radical (unpaired) electrons. The van der Waals surface area contributed by atoms with Gasteiger partial charge in [-0.3, -0.25) is 4.79 Å².